The van der Waals surface area contributed by atoms with Gasteiger partial charge in [-0.3, -0.25) is 4.28 Å². The van der Waals surface area contributed by atoms with E-state index in [0.717, 1.165) is 22.3 Å². The summed E-state index contributed by atoms with van der Waals surface area (Å²) in [6, 6.07) is 8.17. The van der Waals surface area contributed by atoms with Crippen molar-refractivity contribution >= 4 is 44.9 Å². The zero-order chi connectivity index (χ0) is 18.4. The normalized spacial score (nSPS) is 13.5. The highest BCUT2D eigenvalue weighted by molar-refractivity contribution is 8.01. The van der Waals surface area contributed by atoms with Crippen molar-refractivity contribution in [2.75, 3.05) is 18.8 Å². The number of nitriles is 1. The molecule has 1 aromatic carbocycles. The number of allylic oxidation sites excluding steroid dienone is 6. The number of benzene rings is 1. The standard InChI is InChI=1S/C17H16N2O3S3/c1-23-16-9-6-13(10-17(16)24-2)15(11-18)12-4-7-14(8-5-12)19-22-25(3,20)21/h4-10H,1-3H3. The Morgan fingerprint density at radius 2 is 1.76 bits per heavy atom. The van der Waals surface area contributed by atoms with E-state index in [1.54, 1.807) is 47.8 Å². The number of rotatable bonds is 5. The summed E-state index contributed by atoms with van der Waals surface area (Å²) in [6.07, 6.45) is 11.6. The van der Waals surface area contributed by atoms with Gasteiger partial charge < -0.3 is 0 Å². The first-order chi connectivity index (χ1) is 11.9. The lowest BCUT2D eigenvalue weighted by Crippen LogP contribution is -2.02. The van der Waals surface area contributed by atoms with E-state index in [9.17, 15) is 13.7 Å². The molecule has 1 aliphatic rings. The summed E-state index contributed by atoms with van der Waals surface area (Å²) in [7, 11) is -3.64. The minimum absolute atomic E-state index is 0.356. The van der Waals surface area contributed by atoms with E-state index in [1.165, 1.54) is 4.90 Å². The Bertz CT molecular complexity index is 918. The average molecular weight is 393 g/mol. The predicted molar refractivity (Wildman–Crippen MR) is 104 cm³/mol. The fraction of sp³-hybridized carbons (Fsp3) is 0.176. The molecule has 0 saturated heterocycles. The van der Waals surface area contributed by atoms with E-state index < -0.39 is 10.1 Å². The molecule has 0 unspecified atom stereocenters. The van der Waals surface area contributed by atoms with Gasteiger partial charge in [-0.25, -0.2) is 0 Å². The maximum absolute atomic E-state index is 11.0. The number of hydrogen-bond donors (Lipinski definition) is 0. The van der Waals surface area contributed by atoms with Crippen LogP contribution >= 0.6 is 23.5 Å². The summed E-state index contributed by atoms with van der Waals surface area (Å²) in [5, 5.41) is 13.1. The van der Waals surface area contributed by atoms with Crippen LogP contribution in [0.3, 0.4) is 0 Å². The van der Waals surface area contributed by atoms with Crippen LogP contribution in [0.4, 0.5) is 0 Å². The van der Waals surface area contributed by atoms with Crippen molar-refractivity contribution in [3.8, 4) is 6.07 Å². The van der Waals surface area contributed by atoms with Gasteiger partial charge in [0.05, 0.1) is 11.8 Å². The van der Waals surface area contributed by atoms with E-state index in [2.05, 4.69) is 15.5 Å². The number of thioether (sulfide) groups is 2. The Balaban J connectivity index is 2.36. The predicted octanol–water partition coefficient (Wildman–Crippen LogP) is 3.87. The molecule has 130 valence electrons. The molecule has 0 fully saturated rings. The summed E-state index contributed by atoms with van der Waals surface area (Å²) in [6.45, 7) is 0. The lowest BCUT2D eigenvalue weighted by atomic mass is 9.97. The SMILES string of the molecule is CSc1ccc(C(C#N)=C2C=CC(=NOS(C)(=O)=O)C=C2)cc1SC. The van der Waals surface area contributed by atoms with Crippen LogP contribution in [-0.4, -0.2) is 32.9 Å². The average Bonchev–Trinajstić information content (AvgIpc) is 2.60. The van der Waals surface area contributed by atoms with Gasteiger partial charge in [0, 0.05) is 9.79 Å². The highest BCUT2D eigenvalue weighted by Crippen LogP contribution is 2.32. The molecule has 0 radical (unpaired) electrons. The van der Waals surface area contributed by atoms with E-state index in [0.29, 0.717) is 11.3 Å². The third-order valence-electron chi connectivity index (χ3n) is 3.22. The van der Waals surface area contributed by atoms with Crippen molar-refractivity contribution in [2.24, 2.45) is 5.16 Å². The van der Waals surface area contributed by atoms with Gasteiger partial charge in [0.15, 0.2) is 0 Å². The molecule has 2 rings (SSSR count). The van der Waals surface area contributed by atoms with Crippen molar-refractivity contribution in [1.82, 2.24) is 0 Å². The molecule has 1 aromatic rings. The van der Waals surface area contributed by atoms with E-state index >= 15 is 0 Å². The molecule has 0 bridgehead atoms. The van der Waals surface area contributed by atoms with Crippen molar-refractivity contribution in [3.05, 3.63) is 53.6 Å². The molecule has 25 heavy (non-hydrogen) atoms. The van der Waals surface area contributed by atoms with Crippen LogP contribution in [0.5, 0.6) is 0 Å². The summed E-state index contributed by atoms with van der Waals surface area (Å²) < 4.78 is 26.3. The zero-order valence-corrected chi connectivity index (χ0v) is 16.3. The minimum Gasteiger partial charge on any atom is -0.268 e. The van der Waals surface area contributed by atoms with E-state index in [-0.39, 0.29) is 0 Å². The molecule has 0 heterocycles. The smallest absolute Gasteiger partial charge is 0.268 e. The maximum Gasteiger partial charge on any atom is 0.325 e. The molecule has 8 heteroatoms. The molecule has 0 saturated carbocycles. The summed E-state index contributed by atoms with van der Waals surface area (Å²) in [4.78, 5) is 2.28. The first kappa shape index (κ1) is 19.4. The van der Waals surface area contributed by atoms with Gasteiger partial charge in [-0.05, 0) is 47.9 Å². The van der Waals surface area contributed by atoms with Crippen LogP contribution < -0.4 is 0 Å². The molecular formula is C17H16N2O3S3. The van der Waals surface area contributed by atoms with E-state index in [4.69, 9.17) is 0 Å². The fourth-order valence-electron chi connectivity index (χ4n) is 2.09. The monoisotopic (exact) mass is 392 g/mol. The van der Waals surface area contributed by atoms with Crippen molar-refractivity contribution in [3.63, 3.8) is 0 Å². The fourth-order valence-corrected chi connectivity index (χ4v) is 3.79. The maximum atomic E-state index is 11.0. The lowest BCUT2D eigenvalue weighted by Gasteiger charge is -2.10. The molecule has 0 aromatic heterocycles. The van der Waals surface area contributed by atoms with E-state index in [1.807, 2.05) is 30.7 Å². The second-order valence-corrected chi connectivity index (χ2v) is 8.23. The second kappa shape index (κ2) is 8.43. The summed E-state index contributed by atoms with van der Waals surface area (Å²) in [5.41, 5.74) is 2.46. The topological polar surface area (TPSA) is 79.5 Å². The molecule has 0 atom stereocenters. The number of hydrogen-bond acceptors (Lipinski definition) is 7. The van der Waals surface area contributed by atoms with Gasteiger partial charge in [-0.15, -0.1) is 23.5 Å². The first-order valence-electron chi connectivity index (χ1n) is 7.07. The Morgan fingerprint density at radius 3 is 2.28 bits per heavy atom. The second-order valence-electron chi connectivity index (χ2n) is 4.97. The zero-order valence-electron chi connectivity index (χ0n) is 13.9. The van der Waals surface area contributed by atoms with Crippen LogP contribution in [0.15, 0.2) is 63.0 Å². The quantitative estimate of drug-likeness (QED) is 0.430. The number of nitrogens with zero attached hydrogens (tertiary/aromatic N) is 2. The Kier molecular flexibility index (Phi) is 6.53. The third kappa shape index (κ3) is 5.26. The van der Waals surface area contributed by atoms with Gasteiger partial charge in [-0.2, -0.15) is 13.7 Å². The van der Waals surface area contributed by atoms with Crippen LogP contribution in [0.25, 0.3) is 5.57 Å². The molecule has 0 amide bonds. The highest BCUT2D eigenvalue weighted by atomic mass is 32.2. The van der Waals surface area contributed by atoms with Gasteiger partial charge in [-0.1, -0.05) is 23.4 Å². The third-order valence-corrected chi connectivity index (χ3v) is 5.27. The van der Waals surface area contributed by atoms with Crippen molar-refractivity contribution < 1.29 is 12.7 Å². The Morgan fingerprint density at radius 1 is 1.12 bits per heavy atom. The van der Waals surface area contributed by atoms with Crippen LogP contribution in [-0.2, 0) is 14.4 Å². The first-order valence-corrected chi connectivity index (χ1v) is 11.3. The molecular weight excluding hydrogens is 376 g/mol. The number of oxime groups is 1. The summed E-state index contributed by atoms with van der Waals surface area (Å²) in [5.74, 6) is 0. The lowest BCUT2D eigenvalue weighted by molar-refractivity contribution is 0.344. The van der Waals surface area contributed by atoms with Crippen LogP contribution in [0, 0.1) is 11.3 Å². The minimum atomic E-state index is -3.64. The molecule has 1 aliphatic carbocycles. The molecule has 5 nitrogen and oxygen atoms in total. The van der Waals surface area contributed by atoms with Crippen molar-refractivity contribution in [2.45, 2.75) is 9.79 Å². The van der Waals surface area contributed by atoms with Gasteiger partial charge in [0.1, 0.15) is 11.8 Å². The Hall–Kier alpha value is -1.95. The highest BCUT2D eigenvalue weighted by Gasteiger charge is 2.11. The van der Waals surface area contributed by atoms with Gasteiger partial charge in [0.2, 0.25) is 0 Å². The molecule has 0 spiro atoms. The van der Waals surface area contributed by atoms with Gasteiger partial charge in [0.25, 0.3) is 0 Å². The van der Waals surface area contributed by atoms with Gasteiger partial charge >= 0.3 is 10.1 Å². The van der Waals surface area contributed by atoms with Crippen LogP contribution in [0.1, 0.15) is 5.56 Å². The summed E-state index contributed by atoms with van der Waals surface area (Å²) >= 11 is 3.30. The molecule has 0 aliphatic heterocycles. The van der Waals surface area contributed by atoms with Crippen molar-refractivity contribution in [1.29, 1.82) is 5.26 Å². The Labute approximate surface area is 156 Å². The molecule has 0 N–H and O–H groups in total. The largest absolute Gasteiger partial charge is 0.325 e. The van der Waals surface area contributed by atoms with Crippen LogP contribution in [0.2, 0.25) is 0 Å².